The van der Waals surface area contributed by atoms with E-state index in [4.69, 9.17) is 5.73 Å². The summed E-state index contributed by atoms with van der Waals surface area (Å²) in [6, 6.07) is -0.0479. The van der Waals surface area contributed by atoms with E-state index in [2.05, 4.69) is 10.6 Å². The largest absolute Gasteiger partial charge is 0.355 e. The van der Waals surface area contributed by atoms with Crippen molar-refractivity contribution in [2.45, 2.75) is 39.2 Å². The zero-order chi connectivity index (χ0) is 12.2. The van der Waals surface area contributed by atoms with Crippen LogP contribution in [0.15, 0.2) is 0 Å². The molecule has 1 aliphatic rings. The normalized spacial score (nSPS) is 28.8. The van der Waals surface area contributed by atoms with Gasteiger partial charge >= 0.3 is 0 Å². The van der Waals surface area contributed by atoms with Gasteiger partial charge in [-0.2, -0.15) is 0 Å². The van der Waals surface area contributed by atoms with Crippen molar-refractivity contribution in [3.8, 4) is 0 Å². The second-order valence-electron chi connectivity index (χ2n) is 4.66. The fourth-order valence-electron chi connectivity index (χ4n) is 2.09. The van der Waals surface area contributed by atoms with E-state index in [9.17, 15) is 9.59 Å². The van der Waals surface area contributed by atoms with Crippen molar-refractivity contribution in [2.24, 2.45) is 11.1 Å². The standard InChI is InChI=1S/C11H21N3O2/c1-8(15)13-6-7-14-10(16)11(2)5-3-4-9(11)12/h9H,3-7,12H2,1-2H3,(H,13,15)(H,14,16). The summed E-state index contributed by atoms with van der Waals surface area (Å²) in [6.45, 7) is 4.29. The molecule has 1 aliphatic carbocycles. The van der Waals surface area contributed by atoms with Crippen molar-refractivity contribution in [3.63, 3.8) is 0 Å². The number of amides is 2. The maximum Gasteiger partial charge on any atom is 0.227 e. The Kier molecular flexibility index (Phi) is 4.29. The van der Waals surface area contributed by atoms with E-state index < -0.39 is 5.41 Å². The summed E-state index contributed by atoms with van der Waals surface area (Å²) >= 11 is 0. The number of nitrogens with two attached hydrogens (primary N) is 1. The van der Waals surface area contributed by atoms with Crippen LogP contribution in [-0.2, 0) is 9.59 Å². The summed E-state index contributed by atoms with van der Waals surface area (Å²) in [7, 11) is 0. The number of rotatable bonds is 4. The highest BCUT2D eigenvalue weighted by Crippen LogP contribution is 2.36. The molecule has 4 N–H and O–H groups in total. The van der Waals surface area contributed by atoms with Crippen LogP contribution in [-0.4, -0.2) is 30.9 Å². The molecule has 0 aromatic rings. The molecule has 1 saturated carbocycles. The fraction of sp³-hybridized carbons (Fsp3) is 0.818. The van der Waals surface area contributed by atoms with Crippen LogP contribution >= 0.6 is 0 Å². The van der Waals surface area contributed by atoms with Crippen LogP contribution in [0.1, 0.15) is 33.1 Å². The Morgan fingerprint density at radius 1 is 1.38 bits per heavy atom. The Morgan fingerprint density at radius 2 is 2.00 bits per heavy atom. The zero-order valence-corrected chi connectivity index (χ0v) is 10.0. The van der Waals surface area contributed by atoms with E-state index in [-0.39, 0.29) is 17.9 Å². The molecule has 5 heteroatoms. The monoisotopic (exact) mass is 227 g/mol. The van der Waals surface area contributed by atoms with Crippen molar-refractivity contribution in [1.82, 2.24) is 10.6 Å². The van der Waals surface area contributed by atoms with Crippen molar-refractivity contribution >= 4 is 11.8 Å². The first-order valence-electron chi connectivity index (χ1n) is 5.75. The van der Waals surface area contributed by atoms with Gasteiger partial charge in [-0.1, -0.05) is 6.42 Å². The lowest BCUT2D eigenvalue weighted by molar-refractivity contribution is -0.130. The van der Waals surface area contributed by atoms with Gasteiger partial charge in [0.1, 0.15) is 0 Å². The number of carbonyl (C=O) groups is 2. The third-order valence-electron chi connectivity index (χ3n) is 3.33. The van der Waals surface area contributed by atoms with Gasteiger partial charge in [-0.15, -0.1) is 0 Å². The van der Waals surface area contributed by atoms with Crippen LogP contribution in [0.5, 0.6) is 0 Å². The second kappa shape index (κ2) is 5.30. The summed E-state index contributed by atoms with van der Waals surface area (Å²) in [6.07, 6.45) is 2.77. The van der Waals surface area contributed by atoms with Crippen LogP contribution in [0, 0.1) is 5.41 Å². The first-order chi connectivity index (χ1) is 7.47. The first kappa shape index (κ1) is 13.0. The third kappa shape index (κ3) is 2.95. The topological polar surface area (TPSA) is 84.2 Å². The molecule has 0 aliphatic heterocycles. The van der Waals surface area contributed by atoms with E-state index in [1.165, 1.54) is 6.92 Å². The fourth-order valence-corrected chi connectivity index (χ4v) is 2.09. The van der Waals surface area contributed by atoms with Crippen molar-refractivity contribution < 1.29 is 9.59 Å². The molecular formula is C11H21N3O2. The Bertz CT molecular complexity index is 280. The molecule has 0 saturated heterocycles. The van der Waals surface area contributed by atoms with Gasteiger partial charge in [0, 0.05) is 26.1 Å². The molecule has 92 valence electrons. The van der Waals surface area contributed by atoms with Crippen LogP contribution in [0.25, 0.3) is 0 Å². The Hall–Kier alpha value is -1.10. The lowest BCUT2D eigenvalue weighted by Gasteiger charge is -2.27. The smallest absolute Gasteiger partial charge is 0.227 e. The predicted octanol–water partition coefficient (Wildman–Crippen LogP) is -0.244. The van der Waals surface area contributed by atoms with Gasteiger partial charge < -0.3 is 16.4 Å². The average molecular weight is 227 g/mol. The lowest BCUT2D eigenvalue weighted by atomic mass is 9.84. The minimum atomic E-state index is -0.434. The number of carbonyl (C=O) groups excluding carboxylic acids is 2. The van der Waals surface area contributed by atoms with Gasteiger partial charge in [-0.3, -0.25) is 9.59 Å². The molecule has 0 aromatic carbocycles. The van der Waals surface area contributed by atoms with E-state index in [1.54, 1.807) is 0 Å². The van der Waals surface area contributed by atoms with E-state index in [0.717, 1.165) is 19.3 Å². The third-order valence-corrected chi connectivity index (χ3v) is 3.33. The Labute approximate surface area is 96.1 Å². The molecule has 5 nitrogen and oxygen atoms in total. The minimum absolute atomic E-state index is 0.00264. The van der Waals surface area contributed by atoms with Gasteiger partial charge in [0.2, 0.25) is 11.8 Å². The highest BCUT2D eigenvalue weighted by atomic mass is 16.2. The van der Waals surface area contributed by atoms with E-state index in [1.807, 2.05) is 6.92 Å². The SMILES string of the molecule is CC(=O)NCCNC(=O)C1(C)CCCC1N. The van der Waals surface area contributed by atoms with Gasteiger partial charge in [-0.25, -0.2) is 0 Å². The van der Waals surface area contributed by atoms with Crippen LogP contribution in [0.3, 0.4) is 0 Å². The molecule has 2 amide bonds. The predicted molar refractivity (Wildman–Crippen MR) is 61.6 cm³/mol. The van der Waals surface area contributed by atoms with Crippen LogP contribution in [0.2, 0.25) is 0 Å². The number of hydrogen-bond acceptors (Lipinski definition) is 3. The highest BCUT2D eigenvalue weighted by Gasteiger charge is 2.42. The summed E-state index contributed by atoms with van der Waals surface area (Å²) in [5.41, 5.74) is 5.50. The number of nitrogens with one attached hydrogen (secondary N) is 2. The Morgan fingerprint density at radius 3 is 2.50 bits per heavy atom. The molecule has 0 spiro atoms. The van der Waals surface area contributed by atoms with Crippen molar-refractivity contribution in [1.29, 1.82) is 0 Å². The summed E-state index contributed by atoms with van der Waals surface area (Å²) in [5.74, 6) is -0.0825. The maximum atomic E-state index is 11.9. The average Bonchev–Trinajstić information content (AvgIpc) is 2.55. The molecule has 0 radical (unpaired) electrons. The van der Waals surface area contributed by atoms with E-state index >= 15 is 0 Å². The van der Waals surface area contributed by atoms with Crippen molar-refractivity contribution in [2.75, 3.05) is 13.1 Å². The second-order valence-corrected chi connectivity index (χ2v) is 4.66. The molecular weight excluding hydrogens is 206 g/mol. The molecule has 0 heterocycles. The summed E-state index contributed by atoms with van der Waals surface area (Å²) < 4.78 is 0. The molecule has 2 unspecified atom stereocenters. The van der Waals surface area contributed by atoms with Gasteiger partial charge in [0.15, 0.2) is 0 Å². The Balaban J connectivity index is 2.32. The van der Waals surface area contributed by atoms with E-state index in [0.29, 0.717) is 13.1 Å². The minimum Gasteiger partial charge on any atom is -0.355 e. The quantitative estimate of drug-likeness (QED) is 0.579. The molecule has 16 heavy (non-hydrogen) atoms. The summed E-state index contributed by atoms with van der Waals surface area (Å²) in [4.78, 5) is 22.5. The maximum absolute atomic E-state index is 11.9. The number of hydrogen-bond donors (Lipinski definition) is 3. The van der Waals surface area contributed by atoms with Crippen LogP contribution in [0.4, 0.5) is 0 Å². The molecule has 0 aromatic heterocycles. The molecule has 1 fully saturated rings. The zero-order valence-electron chi connectivity index (χ0n) is 10.0. The first-order valence-corrected chi connectivity index (χ1v) is 5.75. The van der Waals surface area contributed by atoms with Crippen molar-refractivity contribution in [3.05, 3.63) is 0 Å². The molecule has 1 rings (SSSR count). The molecule has 0 bridgehead atoms. The van der Waals surface area contributed by atoms with Gasteiger partial charge in [0.05, 0.1) is 5.41 Å². The van der Waals surface area contributed by atoms with Gasteiger partial charge in [0.25, 0.3) is 0 Å². The molecule has 2 atom stereocenters. The van der Waals surface area contributed by atoms with Crippen LogP contribution < -0.4 is 16.4 Å². The summed E-state index contributed by atoms with van der Waals surface area (Å²) in [5, 5.41) is 5.45. The van der Waals surface area contributed by atoms with Gasteiger partial charge in [-0.05, 0) is 19.8 Å². The highest BCUT2D eigenvalue weighted by molar-refractivity contribution is 5.83. The lowest BCUT2D eigenvalue weighted by Crippen LogP contribution is -2.48.